The van der Waals surface area contributed by atoms with Crippen LogP contribution >= 0.6 is 0 Å². The predicted molar refractivity (Wildman–Crippen MR) is 89.6 cm³/mol. The third kappa shape index (κ3) is 3.87. The summed E-state index contributed by atoms with van der Waals surface area (Å²) in [6.07, 6.45) is 6.65. The predicted octanol–water partition coefficient (Wildman–Crippen LogP) is 3.77. The number of hydrogen-bond donors (Lipinski definition) is 1. The lowest BCUT2D eigenvalue weighted by Crippen LogP contribution is -2.38. The number of rotatable bonds is 6. The van der Waals surface area contributed by atoms with Gasteiger partial charge in [-0.1, -0.05) is 31.2 Å². The van der Waals surface area contributed by atoms with Gasteiger partial charge in [0.15, 0.2) is 0 Å². The van der Waals surface area contributed by atoms with E-state index in [-0.39, 0.29) is 0 Å². The summed E-state index contributed by atoms with van der Waals surface area (Å²) in [5.41, 5.74) is 2.94. The van der Waals surface area contributed by atoms with Crippen molar-refractivity contribution < 1.29 is 0 Å². The largest absolute Gasteiger partial charge is 0.317 e. The molecule has 0 radical (unpaired) electrons. The number of piperidine rings is 1. The lowest BCUT2D eigenvalue weighted by atomic mass is 9.95. The van der Waals surface area contributed by atoms with Crippen molar-refractivity contribution >= 4 is 0 Å². The van der Waals surface area contributed by atoms with E-state index < -0.39 is 0 Å². The number of hydrogen-bond acceptors (Lipinski definition) is 2. The van der Waals surface area contributed by atoms with Crippen LogP contribution in [0.25, 0.3) is 0 Å². The molecule has 1 saturated carbocycles. The highest BCUT2D eigenvalue weighted by Gasteiger charge is 2.34. The molecule has 0 bridgehead atoms. The first-order chi connectivity index (χ1) is 10.3. The second-order valence-corrected chi connectivity index (χ2v) is 6.89. The van der Waals surface area contributed by atoms with E-state index in [9.17, 15) is 0 Å². The maximum absolute atomic E-state index is 3.49. The summed E-state index contributed by atoms with van der Waals surface area (Å²) in [5.74, 6) is 0.893. The van der Waals surface area contributed by atoms with Crippen molar-refractivity contribution in [2.45, 2.75) is 58.0 Å². The number of nitrogens with zero attached hydrogens (tertiary/aromatic N) is 1. The third-order valence-corrected chi connectivity index (χ3v) is 5.31. The van der Waals surface area contributed by atoms with Gasteiger partial charge in [0.1, 0.15) is 0 Å². The van der Waals surface area contributed by atoms with E-state index in [2.05, 4.69) is 48.3 Å². The monoisotopic (exact) mass is 286 g/mol. The summed E-state index contributed by atoms with van der Waals surface area (Å²) in [6, 6.07) is 10.7. The van der Waals surface area contributed by atoms with E-state index in [1.54, 1.807) is 0 Å². The highest BCUT2D eigenvalue weighted by molar-refractivity contribution is 5.25. The van der Waals surface area contributed by atoms with Crippen LogP contribution in [-0.4, -0.2) is 30.6 Å². The summed E-state index contributed by atoms with van der Waals surface area (Å²) < 4.78 is 0. The van der Waals surface area contributed by atoms with E-state index in [0.29, 0.717) is 6.04 Å². The first kappa shape index (κ1) is 15.1. The minimum Gasteiger partial charge on any atom is -0.317 e. The molecule has 2 fully saturated rings. The van der Waals surface area contributed by atoms with E-state index in [1.807, 2.05) is 0 Å². The number of nitrogens with one attached hydrogen (secondary N) is 1. The van der Waals surface area contributed by atoms with Gasteiger partial charge in [0.2, 0.25) is 0 Å². The molecule has 2 heteroatoms. The lowest BCUT2D eigenvalue weighted by Gasteiger charge is -2.34. The normalized spacial score (nSPS) is 21.7. The Labute approximate surface area is 129 Å². The van der Waals surface area contributed by atoms with Crippen molar-refractivity contribution in [1.29, 1.82) is 0 Å². The molecule has 1 atom stereocenters. The first-order valence-corrected chi connectivity index (χ1v) is 8.83. The Morgan fingerprint density at radius 2 is 1.76 bits per heavy atom. The Bertz CT molecular complexity index is 429. The standard InChI is InChI=1S/C19H30N2/c1-3-16-4-6-18(7-5-16)15(2)21(19-8-9-19)14-17-10-12-20-13-11-17/h4-7,15,17,19-20H,3,8-14H2,1-2H3. The van der Waals surface area contributed by atoms with Crippen LogP contribution in [0.4, 0.5) is 0 Å². The lowest BCUT2D eigenvalue weighted by molar-refractivity contribution is 0.152. The Morgan fingerprint density at radius 3 is 2.33 bits per heavy atom. The average molecular weight is 286 g/mol. The second kappa shape index (κ2) is 6.93. The van der Waals surface area contributed by atoms with Crippen LogP contribution in [0.1, 0.15) is 56.7 Å². The van der Waals surface area contributed by atoms with Crippen LogP contribution < -0.4 is 5.32 Å². The molecule has 3 rings (SSSR count). The highest BCUT2D eigenvalue weighted by atomic mass is 15.2. The van der Waals surface area contributed by atoms with Crippen molar-refractivity contribution in [2.24, 2.45) is 5.92 Å². The van der Waals surface area contributed by atoms with Crippen molar-refractivity contribution in [3.8, 4) is 0 Å². The molecule has 0 aromatic heterocycles. The minimum absolute atomic E-state index is 0.568. The molecule has 1 aromatic rings. The summed E-state index contributed by atoms with van der Waals surface area (Å²) in [7, 11) is 0. The molecule has 1 aromatic carbocycles. The van der Waals surface area contributed by atoms with Crippen molar-refractivity contribution in [2.75, 3.05) is 19.6 Å². The summed E-state index contributed by atoms with van der Waals surface area (Å²) in [5, 5.41) is 3.49. The van der Waals surface area contributed by atoms with Gasteiger partial charge in [-0.25, -0.2) is 0 Å². The van der Waals surface area contributed by atoms with E-state index in [0.717, 1.165) is 18.4 Å². The zero-order chi connectivity index (χ0) is 14.7. The fourth-order valence-electron chi connectivity index (χ4n) is 3.62. The van der Waals surface area contributed by atoms with Gasteiger partial charge in [0, 0.05) is 18.6 Å². The van der Waals surface area contributed by atoms with Gasteiger partial charge < -0.3 is 5.32 Å². The Balaban J connectivity index is 1.66. The summed E-state index contributed by atoms with van der Waals surface area (Å²) in [6.45, 7) is 8.35. The first-order valence-electron chi connectivity index (χ1n) is 8.83. The van der Waals surface area contributed by atoms with E-state index >= 15 is 0 Å². The van der Waals surface area contributed by atoms with Gasteiger partial charge in [-0.05, 0) is 69.2 Å². The third-order valence-electron chi connectivity index (χ3n) is 5.31. The van der Waals surface area contributed by atoms with Crippen LogP contribution in [-0.2, 0) is 6.42 Å². The van der Waals surface area contributed by atoms with Gasteiger partial charge in [0.25, 0.3) is 0 Å². The SMILES string of the molecule is CCc1ccc(C(C)N(CC2CCNCC2)C2CC2)cc1. The van der Waals surface area contributed by atoms with Crippen LogP contribution in [0.15, 0.2) is 24.3 Å². The molecule has 0 amide bonds. The van der Waals surface area contributed by atoms with Crippen molar-refractivity contribution in [3.63, 3.8) is 0 Å². The van der Waals surface area contributed by atoms with Crippen molar-refractivity contribution in [1.82, 2.24) is 10.2 Å². The average Bonchev–Trinajstić information content (AvgIpc) is 3.38. The van der Waals surface area contributed by atoms with Crippen LogP contribution in [0.5, 0.6) is 0 Å². The summed E-state index contributed by atoms with van der Waals surface area (Å²) >= 11 is 0. The minimum atomic E-state index is 0.568. The number of aryl methyl sites for hydroxylation is 1. The topological polar surface area (TPSA) is 15.3 Å². The molecule has 1 aliphatic carbocycles. The van der Waals surface area contributed by atoms with Gasteiger partial charge >= 0.3 is 0 Å². The fraction of sp³-hybridized carbons (Fsp3) is 0.684. The van der Waals surface area contributed by atoms with Crippen LogP contribution in [0.3, 0.4) is 0 Å². The van der Waals surface area contributed by atoms with Crippen molar-refractivity contribution in [3.05, 3.63) is 35.4 Å². The molecule has 1 N–H and O–H groups in total. The molecular weight excluding hydrogens is 256 g/mol. The molecule has 21 heavy (non-hydrogen) atoms. The fourth-order valence-corrected chi connectivity index (χ4v) is 3.62. The molecule has 2 nitrogen and oxygen atoms in total. The molecule has 0 spiro atoms. The summed E-state index contributed by atoms with van der Waals surface area (Å²) in [4.78, 5) is 2.79. The Morgan fingerprint density at radius 1 is 1.10 bits per heavy atom. The maximum Gasteiger partial charge on any atom is 0.0322 e. The smallest absolute Gasteiger partial charge is 0.0322 e. The molecule has 116 valence electrons. The zero-order valence-electron chi connectivity index (χ0n) is 13.6. The van der Waals surface area contributed by atoms with Gasteiger partial charge in [-0.15, -0.1) is 0 Å². The molecule has 2 aliphatic rings. The van der Waals surface area contributed by atoms with E-state index in [4.69, 9.17) is 0 Å². The Kier molecular flexibility index (Phi) is 4.97. The number of benzene rings is 1. The maximum atomic E-state index is 3.49. The van der Waals surface area contributed by atoms with Crippen LogP contribution in [0, 0.1) is 5.92 Å². The second-order valence-electron chi connectivity index (χ2n) is 6.89. The molecule has 1 heterocycles. The van der Waals surface area contributed by atoms with Crippen LogP contribution in [0.2, 0.25) is 0 Å². The van der Waals surface area contributed by atoms with Gasteiger partial charge in [0.05, 0.1) is 0 Å². The quantitative estimate of drug-likeness (QED) is 0.856. The molecular formula is C19H30N2. The zero-order valence-corrected chi connectivity index (χ0v) is 13.6. The van der Waals surface area contributed by atoms with Gasteiger partial charge in [-0.3, -0.25) is 4.90 Å². The molecule has 1 saturated heterocycles. The molecule has 1 aliphatic heterocycles. The highest BCUT2D eigenvalue weighted by Crippen LogP contribution is 2.35. The molecule has 1 unspecified atom stereocenters. The van der Waals surface area contributed by atoms with E-state index in [1.165, 1.54) is 56.4 Å². The van der Waals surface area contributed by atoms with Gasteiger partial charge in [-0.2, -0.15) is 0 Å². The Hall–Kier alpha value is -0.860.